The molecule has 1 amide bonds. The molecule has 84 valence electrons. The lowest BCUT2D eigenvalue weighted by Crippen LogP contribution is -2.39. The van der Waals surface area contributed by atoms with E-state index in [1.165, 1.54) is 6.08 Å². The van der Waals surface area contributed by atoms with Crippen molar-refractivity contribution in [2.45, 2.75) is 6.23 Å². The van der Waals surface area contributed by atoms with E-state index >= 15 is 0 Å². The van der Waals surface area contributed by atoms with Crippen LogP contribution >= 0.6 is 0 Å². The van der Waals surface area contributed by atoms with Crippen molar-refractivity contribution in [1.82, 2.24) is 5.32 Å². The number of carboxylic acid groups (broad SMARTS) is 1. The normalized spacial score (nSPS) is 12.3. The maximum atomic E-state index is 11.1. The molecular weight excluding hydrogens is 210 g/mol. The average Bonchev–Trinajstić information content (AvgIpc) is 2.27. The van der Waals surface area contributed by atoms with Crippen LogP contribution < -0.4 is 5.32 Å². The van der Waals surface area contributed by atoms with Crippen molar-refractivity contribution in [2.24, 2.45) is 0 Å². The molecule has 1 rings (SSSR count). The van der Waals surface area contributed by atoms with E-state index in [1.54, 1.807) is 12.1 Å². The first-order chi connectivity index (χ1) is 7.59. The predicted octanol–water partition coefficient (Wildman–Crippen LogP) is 0.219. The highest BCUT2D eigenvalue weighted by Crippen LogP contribution is 2.00. The lowest BCUT2D eigenvalue weighted by molar-refractivity contribution is -0.150. The van der Waals surface area contributed by atoms with Crippen LogP contribution in [0.4, 0.5) is 0 Å². The smallest absolute Gasteiger partial charge is 0.353 e. The number of carbonyl (C=O) groups is 2. The molecule has 16 heavy (non-hydrogen) atoms. The Balaban J connectivity index is 2.52. The highest BCUT2D eigenvalue weighted by molar-refractivity contribution is 5.93. The summed E-state index contributed by atoms with van der Waals surface area (Å²) in [5.74, 6) is -2.17. The van der Waals surface area contributed by atoms with Gasteiger partial charge in [0.15, 0.2) is 0 Å². The van der Waals surface area contributed by atoms with E-state index in [4.69, 9.17) is 10.2 Å². The van der Waals surface area contributed by atoms with Crippen LogP contribution in [0.15, 0.2) is 36.4 Å². The third-order valence-corrected chi connectivity index (χ3v) is 1.74. The van der Waals surface area contributed by atoms with Gasteiger partial charge in [0.05, 0.1) is 0 Å². The summed E-state index contributed by atoms with van der Waals surface area (Å²) in [5, 5.41) is 19.0. The monoisotopic (exact) mass is 221 g/mol. The number of carboxylic acids is 1. The summed E-state index contributed by atoms with van der Waals surface area (Å²) in [4.78, 5) is 21.3. The van der Waals surface area contributed by atoms with Crippen molar-refractivity contribution in [2.75, 3.05) is 0 Å². The third-order valence-electron chi connectivity index (χ3n) is 1.74. The fourth-order valence-corrected chi connectivity index (χ4v) is 0.981. The lowest BCUT2D eigenvalue weighted by Gasteiger charge is -2.04. The molecule has 5 heteroatoms. The Morgan fingerprint density at radius 3 is 2.44 bits per heavy atom. The molecule has 1 unspecified atom stereocenters. The summed E-state index contributed by atoms with van der Waals surface area (Å²) in [6.45, 7) is 0. The number of aliphatic hydroxyl groups is 1. The van der Waals surface area contributed by atoms with Crippen molar-refractivity contribution in [3.05, 3.63) is 42.0 Å². The predicted molar refractivity (Wildman–Crippen MR) is 57.3 cm³/mol. The minimum absolute atomic E-state index is 0.668. The fourth-order valence-electron chi connectivity index (χ4n) is 0.981. The van der Waals surface area contributed by atoms with E-state index in [-0.39, 0.29) is 0 Å². The van der Waals surface area contributed by atoms with Crippen molar-refractivity contribution < 1.29 is 19.8 Å². The molecule has 0 saturated carbocycles. The van der Waals surface area contributed by atoms with Crippen LogP contribution in [0, 0.1) is 0 Å². The maximum absolute atomic E-state index is 11.1. The zero-order valence-electron chi connectivity index (χ0n) is 8.33. The molecule has 1 aromatic carbocycles. The van der Waals surface area contributed by atoms with Crippen LogP contribution in [0.5, 0.6) is 0 Å². The first kappa shape index (κ1) is 11.9. The Hall–Kier alpha value is -2.14. The van der Waals surface area contributed by atoms with E-state index in [9.17, 15) is 9.59 Å². The van der Waals surface area contributed by atoms with E-state index in [0.717, 1.165) is 11.6 Å². The number of hydrogen-bond donors (Lipinski definition) is 3. The fraction of sp³-hybridized carbons (Fsp3) is 0.0909. The summed E-state index contributed by atoms with van der Waals surface area (Å²) in [7, 11) is 0. The van der Waals surface area contributed by atoms with Gasteiger partial charge in [-0.3, -0.25) is 4.79 Å². The molecule has 1 atom stereocenters. The topological polar surface area (TPSA) is 86.6 Å². The minimum Gasteiger partial charge on any atom is -0.478 e. The van der Waals surface area contributed by atoms with Crippen LogP contribution in [0.2, 0.25) is 0 Å². The Morgan fingerprint density at radius 1 is 1.25 bits per heavy atom. The number of amides is 1. The summed E-state index contributed by atoms with van der Waals surface area (Å²) in [5.41, 5.74) is 0.808. The van der Waals surface area contributed by atoms with Gasteiger partial charge in [0.25, 0.3) is 0 Å². The molecule has 0 fully saturated rings. The molecular formula is C11H11NO4. The van der Waals surface area contributed by atoms with Gasteiger partial charge in [-0.05, 0) is 11.6 Å². The van der Waals surface area contributed by atoms with E-state index in [1.807, 2.05) is 23.5 Å². The number of aliphatic carboxylic acids is 1. The highest BCUT2D eigenvalue weighted by atomic mass is 16.4. The molecule has 0 bridgehead atoms. The standard InChI is InChI=1S/C11H11NO4/c13-9(12-10(14)11(15)16)7-6-8-4-2-1-3-5-8/h1-7,10,14H,(H,12,13)(H,15,16)/b7-6+. The molecule has 0 spiro atoms. The second kappa shape index (κ2) is 5.67. The SMILES string of the molecule is O=C(/C=C/c1ccccc1)NC(O)C(=O)O. The third kappa shape index (κ3) is 3.93. The molecule has 0 aromatic heterocycles. The molecule has 0 heterocycles. The number of rotatable bonds is 4. The molecule has 0 aliphatic heterocycles. The molecule has 0 aliphatic rings. The van der Waals surface area contributed by atoms with Crippen LogP contribution in [0.3, 0.4) is 0 Å². The first-order valence-electron chi connectivity index (χ1n) is 4.54. The molecule has 0 radical (unpaired) electrons. The number of benzene rings is 1. The second-order valence-corrected chi connectivity index (χ2v) is 2.99. The van der Waals surface area contributed by atoms with Crippen molar-refractivity contribution in [1.29, 1.82) is 0 Å². The zero-order valence-corrected chi connectivity index (χ0v) is 8.33. The quantitative estimate of drug-likeness (QED) is 0.501. The van der Waals surface area contributed by atoms with Crippen LogP contribution in [-0.2, 0) is 9.59 Å². The van der Waals surface area contributed by atoms with E-state index in [0.29, 0.717) is 0 Å². The Morgan fingerprint density at radius 2 is 1.88 bits per heavy atom. The van der Waals surface area contributed by atoms with Gasteiger partial charge in [-0.2, -0.15) is 0 Å². The largest absolute Gasteiger partial charge is 0.478 e. The number of aliphatic hydroxyl groups excluding tert-OH is 1. The maximum Gasteiger partial charge on any atom is 0.353 e. The summed E-state index contributed by atoms with van der Waals surface area (Å²) in [6, 6.07) is 9.04. The van der Waals surface area contributed by atoms with E-state index in [2.05, 4.69) is 0 Å². The van der Waals surface area contributed by atoms with Crippen LogP contribution in [-0.4, -0.2) is 28.3 Å². The molecule has 0 saturated heterocycles. The second-order valence-electron chi connectivity index (χ2n) is 2.99. The van der Waals surface area contributed by atoms with Crippen molar-refractivity contribution in [3.63, 3.8) is 0 Å². The van der Waals surface area contributed by atoms with Crippen molar-refractivity contribution in [3.8, 4) is 0 Å². The number of carbonyl (C=O) groups excluding carboxylic acids is 1. The Bertz CT molecular complexity index is 400. The molecule has 1 aromatic rings. The first-order valence-corrected chi connectivity index (χ1v) is 4.54. The van der Waals surface area contributed by atoms with E-state index < -0.39 is 18.1 Å². The molecule has 5 nitrogen and oxygen atoms in total. The van der Waals surface area contributed by atoms with Crippen molar-refractivity contribution >= 4 is 18.0 Å². The highest BCUT2D eigenvalue weighted by Gasteiger charge is 2.13. The van der Waals surface area contributed by atoms with Gasteiger partial charge in [0, 0.05) is 6.08 Å². The van der Waals surface area contributed by atoms with Crippen LogP contribution in [0.25, 0.3) is 6.08 Å². The number of nitrogens with one attached hydrogen (secondary N) is 1. The molecule has 0 aliphatic carbocycles. The van der Waals surface area contributed by atoms with Gasteiger partial charge >= 0.3 is 5.97 Å². The molecule has 3 N–H and O–H groups in total. The van der Waals surface area contributed by atoms with Gasteiger partial charge in [0.1, 0.15) is 0 Å². The van der Waals surface area contributed by atoms with Gasteiger partial charge in [0.2, 0.25) is 12.1 Å². The van der Waals surface area contributed by atoms with Crippen LogP contribution in [0.1, 0.15) is 5.56 Å². The Kier molecular flexibility index (Phi) is 4.23. The van der Waals surface area contributed by atoms with Gasteiger partial charge in [-0.25, -0.2) is 4.79 Å². The summed E-state index contributed by atoms with van der Waals surface area (Å²) in [6.07, 6.45) is 0.790. The minimum atomic E-state index is -1.88. The number of hydrogen-bond acceptors (Lipinski definition) is 3. The average molecular weight is 221 g/mol. The van der Waals surface area contributed by atoms with Gasteiger partial charge < -0.3 is 15.5 Å². The Labute approximate surface area is 92.0 Å². The summed E-state index contributed by atoms with van der Waals surface area (Å²) >= 11 is 0. The lowest BCUT2D eigenvalue weighted by atomic mass is 10.2. The van der Waals surface area contributed by atoms with Gasteiger partial charge in [-0.1, -0.05) is 30.3 Å². The van der Waals surface area contributed by atoms with Gasteiger partial charge in [-0.15, -0.1) is 0 Å². The zero-order chi connectivity index (χ0) is 12.0. The summed E-state index contributed by atoms with van der Waals surface area (Å²) < 4.78 is 0.